The average molecular weight is 539 g/mol. The van der Waals surface area contributed by atoms with Gasteiger partial charge in [-0.05, 0) is 69.2 Å². The molecule has 5 rings (SSSR count). The van der Waals surface area contributed by atoms with Crippen LogP contribution < -0.4 is 9.47 Å². The lowest BCUT2D eigenvalue weighted by molar-refractivity contribution is 0.0474. The summed E-state index contributed by atoms with van der Waals surface area (Å²) in [6.45, 7) is 5.24. The predicted octanol–water partition coefficient (Wildman–Crippen LogP) is 3.77. The Balaban J connectivity index is 1.20. The standard InChI is InChI=1S/C28H30N2O7S/c1-19-15-24(20(2)30(19)16-22-17-35-26-7-3-4-8-27(26)37-22)25(31)18-36-28(32)21-9-11-23(12-10-21)38(33,34)29-13-5-6-14-29/h3-4,7-12,15,22H,5-6,13-14,16-18H2,1-2H3. The third-order valence-electron chi connectivity index (χ3n) is 6.95. The molecule has 2 aliphatic heterocycles. The molecule has 9 nitrogen and oxygen atoms in total. The van der Waals surface area contributed by atoms with E-state index in [1.54, 1.807) is 6.07 Å². The summed E-state index contributed by atoms with van der Waals surface area (Å²) in [7, 11) is -3.57. The molecule has 3 aromatic rings. The van der Waals surface area contributed by atoms with E-state index in [1.165, 1.54) is 28.6 Å². The van der Waals surface area contributed by atoms with Gasteiger partial charge in [0.25, 0.3) is 0 Å². The van der Waals surface area contributed by atoms with E-state index in [-0.39, 0.29) is 22.3 Å². The van der Waals surface area contributed by atoms with Gasteiger partial charge in [0.2, 0.25) is 15.8 Å². The zero-order valence-electron chi connectivity index (χ0n) is 21.4. The van der Waals surface area contributed by atoms with E-state index in [2.05, 4.69) is 0 Å². The zero-order chi connectivity index (χ0) is 26.9. The third kappa shape index (κ3) is 5.19. The van der Waals surface area contributed by atoms with Crippen LogP contribution in [0.15, 0.2) is 59.5 Å². The SMILES string of the molecule is Cc1cc(C(=O)COC(=O)c2ccc(S(=O)(=O)N3CCCC3)cc2)c(C)n1CC1COc2ccccc2O1. The molecule has 0 N–H and O–H groups in total. The first-order chi connectivity index (χ1) is 18.2. The molecule has 2 aliphatic rings. The molecule has 10 heteroatoms. The molecule has 0 saturated carbocycles. The van der Waals surface area contributed by atoms with Crippen molar-refractivity contribution in [2.75, 3.05) is 26.3 Å². The molecule has 1 aromatic heterocycles. The summed E-state index contributed by atoms with van der Waals surface area (Å²) >= 11 is 0. The van der Waals surface area contributed by atoms with Crippen LogP contribution >= 0.6 is 0 Å². The smallest absolute Gasteiger partial charge is 0.338 e. The number of Topliss-reactive ketones (excluding diaryl/α,β-unsaturated/α-hetero) is 1. The van der Waals surface area contributed by atoms with Gasteiger partial charge in [0.1, 0.15) is 6.61 Å². The highest BCUT2D eigenvalue weighted by Crippen LogP contribution is 2.31. The van der Waals surface area contributed by atoms with Crippen molar-refractivity contribution in [2.24, 2.45) is 0 Å². The van der Waals surface area contributed by atoms with E-state index in [4.69, 9.17) is 14.2 Å². The first-order valence-corrected chi connectivity index (χ1v) is 14.0. The van der Waals surface area contributed by atoms with Gasteiger partial charge in [0, 0.05) is 30.0 Å². The molecule has 3 heterocycles. The van der Waals surface area contributed by atoms with Crippen LogP contribution in [-0.2, 0) is 21.3 Å². The number of aryl methyl sites for hydroxylation is 1. The van der Waals surface area contributed by atoms with E-state index >= 15 is 0 Å². The van der Waals surface area contributed by atoms with Gasteiger partial charge >= 0.3 is 5.97 Å². The lowest BCUT2D eigenvalue weighted by Gasteiger charge is -2.27. The van der Waals surface area contributed by atoms with E-state index in [1.807, 2.05) is 42.7 Å². The molecule has 2 aromatic carbocycles. The Kier molecular flexibility index (Phi) is 7.27. The van der Waals surface area contributed by atoms with Gasteiger partial charge < -0.3 is 18.8 Å². The molecular formula is C28H30N2O7S. The molecule has 0 aliphatic carbocycles. The summed E-state index contributed by atoms with van der Waals surface area (Å²) in [5.74, 6) is 0.391. The van der Waals surface area contributed by atoms with Gasteiger partial charge in [0.15, 0.2) is 24.2 Å². The lowest BCUT2D eigenvalue weighted by atomic mass is 10.1. The number of ether oxygens (including phenoxy) is 3. The normalized spacial score (nSPS) is 17.4. The number of nitrogens with zero attached hydrogens (tertiary/aromatic N) is 2. The summed E-state index contributed by atoms with van der Waals surface area (Å²) in [5.41, 5.74) is 2.29. The van der Waals surface area contributed by atoms with Gasteiger partial charge in [-0.25, -0.2) is 13.2 Å². The van der Waals surface area contributed by atoms with Crippen molar-refractivity contribution in [3.8, 4) is 11.5 Å². The van der Waals surface area contributed by atoms with Crippen molar-refractivity contribution >= 4 is 21.8 Å². The second-order valence-electron chi connectivity index (χ2n) is 9.53. The number of hydrogen-bond donors (Lipinski definition) is 0. The van der Waals surface area contributed by atoms with Crippen LogP contribution in [-0.4, -0.2) is 61.4 Å². The number of benzene rings is 2. The van der Waals surface area contributed by atoms with Gasteiger partial charge in [-0.15, -0.1) is 0 Å². The predicted molar refractivity (Wildman–Crippen MR) is 139 cm³/mol. The topological polar surface area (TPSA) is 104 Å². The monoisotopic (exact) mass is 538 g/mol. The lowest BCUT2D eigenvalue weighted by Crippen LogP contribution is -2.33. The number of carbonyl (C=O) groups excluding carboxylic acids is 2. The van der Waals surface area contributed by atoms with Gasteiger partial charge in [-0.2, -0.15) is 4.31 Å². The van der Waals surface area contributed by atoms with Crippen molar-refractivity contribution in [2.45, 2.75) is 44.2 Å². The molecule has 0 bridgehead atoms. The molecule has 1 unspecified atom stereocenters. The van der Waals surface area contributed by atoms with E-state index < -0.39 is 22.6 Å². The van der Waals surface area contributed by atoms with E-state index in [0.29, 0.717) is 43.3 Å². The van der Waals surface area contributed by atoms with Crippen molar-refractivity contribution in [3.63, 3.8) is 0 Å². The molecule has 1 saturated heterocycles. The van der Waals surface area contributed by atoms with Crippen LogP contribution in [0.3, 0.4) is 0 Å². The van der Waals surface area contributed by atoms with E-state index in [0.717, 1.165) is 24.2 Å². The van der Waals surface area contributed by atoms with E-state index in [9.17, 15) is 18.0 Å². The van der Waals surface area contributed by atoms with Crippen molar-refractivity contribution in [1.29, 1.82) is 0 Å². The van der Waals surface area contributed by atoms with Gasteiger partial charge in [0.05, 0.1) is 17.0 Å². The minimum absolute atomic E-state index is 0.135. The molecular weight excluding hydrogens is 508 g/mol. The molecule has 0 spiro atoms. The zero-order valence-corrected chi connectivity index (χ0v) is 22.2. The number of aromatic nitrogens is 1. The van der Waals surface area contributed by atoms with Crippen LogP contribution in [0.1, 0.15) is 44.9 Å². The highest BCUT2D eigenvalue weighted by Gasteiger charge is 2.28. The number of hydrogen-bond acceptors (Lipinski definition) is 7. The quantitative estimate of drug-likeness (QED) is 0.318. The summed E-state index contributed by atoms with van der Waals surface area (Å²) in [4.78, 5) is 25.6. The molecule has 1 fully saturated rings. The summed E-state index contributed by atoms with van der Waals surface area (Å²) in [6, 6.07) is 14.9. The Bertz CT molecular complexity index is 1450. The Morgan fingerprint density at radius 3 is 2.39 bits per heavy atom. The number of esters is 1. The number of ketones is 1. The molecule has 0 amide bonds. The van der Waals surface area contributed by atoms with Crippen molar-refractivity contribution < 1.29 is 32.2 Å². The molecule has 200 valence electrons. The Morgan fingerprint density at radius 2 is 1.68 bits per heavy atom. The molecule has 0 radical (unpaired) electrons. The third-order valence-corrected chi connectivity index (χ3v) is 8.87. The Labute approximate surface area is 222 Å². The Hall–Kier alpha value is -3.63. The summed E-state index contributed by atoms with van der Waals surface area (Å²) in [5, 5.41) is 0. The molecule has 1 atom stereocenters. The second kappa shape index (κ2) is 10.6. The van der Waals surface area contributed by atoms with Gasteiger partial charge in [-0.3, -0.25) is 4.79 Å². The number of carbonyl (C=O) groups is 2. The Morgan fingerprint density at radius 1 is 1.00 bits per heavy atom. The summed E-state index contributed by atoms with van der Waals surface area (Å²) < 4.78 is 45.9. The summed E-state index contributed by atoms with van der Waals surface area (Å²) in [6.07, 6.45) is 1.47. The minimum Gasteiger partial charge on any atom is -0.486 e. The van der Waals surface area contributed by atoms with Crippen LogP contribution in [0.25, 0.3) is 0 Å². The maximum atomic E-state index is 12.9. The fourth-order valence-corrected chi connectivity index (χ4v) is 6.37. The van der Waals surface area contributed by atoms with Crippen LogP contribution in [0.4, 0.5) is 0 Å². The van der Waals surface area contributed by atoms with Crippen LogP contribution in [0, 0.1) is 13.8 Å². The second-order valence-corrected chi connectivity index (χ2v) is 11.5. The fraction of sp³-hybridized carbons (Fsp3) is 0.357. The van der Waals surface area contributed by atoms with Crippen LogP contribution in [0.5, 0.6) is 11.5 Å². The van der Waals surface area contributed by atoms with Crippen molar-refractivity contribution in [1.82, 2.24) is 8.87 Å². The van der Waals surface area contributed by atoms with Crippen LogP contribution in [0.2, 0.25) is 0 Å². The number of fused-ring (bicyclic) bond motifs is 1. The maximum absolute atomic E-state index is 12.9. The first kappa shape index (κ1) is 26.0. The molecule has 38 heavy (non-hydrogen) atoms. The average Bonchev–Trinajstić information content (AvgIpc) is 3.57. The number of para-hydroxylation sites is 2. The maximum Gasteiger partial charge on any atom is 0.338 e. The fourth-order valence-electron chi connectivity index (χ4n) is 4.85. The van der Waals surface area contributed by atoms with Gasteiger partial charge in [-0.1, -0.05) is 12.1 Å². The highest BCUT2D eigenvalue weighted by atomic mass is 32.2. The van der Waals surface area contributed by atoms with Crippen molar-refractivity contribution in [3.05, 3.63) is 77.1 Å². The first-order valence-electron chi connectivity index (χ1n) is 12.6. The largest absolute Gasteiger partial charge is 0.486 e. The highest BCUT2D eigenvalue weighted by molar-refractivity contribution is 7.89. The number of rotatable bonds is 8. The number of sulfonamides is 1. The minimum atomic E-state index is -3.57.